The molecule has 6 rings (SSSR count). The summed E-state index contributed by atoms with van der Waals surface area (Å²) >= 11 is 0. The van der Waals surface area contributed by atoms with E-state index in [1.165, 1.54) is 19.1 Å². The van der Waals surface area contributed by atoms with E-state index >= 15 is 0 Å². The molecule has 10 nitrogen and oxygen atoms in total. The first-order chi connectivity index (χ1) is 21.7. The van der Waals surface area contributed by atoms with Crippen molar-refractivity contribution >= 4 is 22.7 Å². The standard InChI is InChI=1S/C32H25F4N5O5/c1-30(29(38)43)15-45-27-21(30)12-24(41-26(27)17-4-7-22(33)19(10-17)13-37)31(44,32(34,35)36)14-40-28(42)18-9-16-3-2-8-39-25(16)23(11-18)46-20-5-6-20/h2-4,7-12,20,44H,5-6,14-15H2,1H3,(H2,38,43)(H,40,42)/t30-,31?/m0/s1. The van der Waals surface area contributed by atoms with Crippen LogP contribution in [-0.2, 0) is 15.8 Å². The molecule has 2 aromatic carbocycles. The molecule has 14 heteroatoms. The number of rotatable bonds is 8. The Morgan fingerprint density at radius 3 is 2.65 bits per heavy atom. The molecule has 2 aromatic heterocycles. The van der Waals surface area contributed by atoms with Gasteiger partial charge >= 0.3 is 6.18 Å². The van der Waals surface area contributed by atoms with Gasteiger partial charge in [-0.3, -0.25) is 14.6 Å². The zero-order chi connectivity index (χ0) is 33.0. The topological polar surface area (TPSA) is 160 Å². The summed E-state index contributed by atoms with van der Waals surface area (Å²) in [5.74, 6) is -2.58. The number of carbonyl (C=O) groups excluding carboxylic acids is 2. The van der Waals surface area contributed by atoms with Gasteiger partial charge in [-0.1, -0.05) is 6.07 Å². The molecule has 2 atom stereocenters. The summed E-state index contributed by atoms with van der Waals surface area (Å²) in [6, 6.07) is 11.8. The number of pyridine rings is 2. The lowest BCUT2D eigenvalue weighted by atomic mass is 9.81. The number of amides is 2. The van der Waals surface area contributed by atoms with Gasteiger partial charge in [-0.2, -0.15) is 18.4 Å². The number of aliphatic hydroxyl groups is 1. The van der Waals surface area contributed by atoms with Gasteiger partial charge in [0.2, 0.25) is 11.5 Å². The van der Waals surface area contributed by atoms with Crippen LogP contribution < -0.4 is 20.5 Å². The highest BCUT2D eigenvalue weighted by molar-refractivity contribution is 6.00. The quantitative estimate of drug-likeness (QED) is 0.243. The highest BCUT2D eigenvalue weighted by atomic mass is 19.4. The van der Waals surface area contributed by atoms with E-state index in [9.17, 15) is 37.5 Å². The highest BCUT2D eigenvalue weighted by Gasteiger charge is 2.57. The number of nitriles is 1. The van der Waals surface area contributed by atoms with E-state index in [1.807, 2.05) is 0 Å². The molecule has 0 bridgehead atoms. The Hall–Kier alpha value is -5.29. The Labute approximate surface area is 258 Å². The molecule has 0 saturated heterocycles. The summed E-state index contributed by atoms with van der Waals surface area (Å²) in [5, 5.41) is 23.3. The second kappa shape index (κ2) is 11.0. The number of nitrogens with two attached hydrogens (primary N) is 1. The van der Waals surface area contributed by atoms with Crippen molar-refractivity contribution in [3.05, 3.63) is 82.9 Å². The number of alkyl halides is 3. The van der Waals surface area contributed by atoms with Crippen LogP contribution in [0.15, 0.2) is 54.7 Å². The highest BCUT2D eigenvalue weighted by Crippen LogP contribution is 2.48. The van der Waals surface area contributed by atoms with E-state index in [4.69, 9.17) is 15.2 Å². The molecule has 0 spiro atoms. The fourth-order valence-corrected chi connectivity index (χ4v) is 5.14. The normalized spacial score (nSPS) is 18.6. The van der Waals surface area contributed by atoms with Gasteiger partial charge < -0.3 is 25.6 Å². The third kappa shape index (κ3) is 5.22. The van der Waals surface area contributed by atoms with E-state index in [-0.39, 0.29) is 40.8 Å². The van der Waals surface area contributed by atoms with Crippen LogP contribution in [0.3, 0.4) is 0 Å². The Kier molecular flexibility index (Phi) is 7.31. The maximum absolute atomic E-state index is 14.8. The summed E-state index contributed by atoms with van der Waals surface area (Å²) in [5.41, 5.74) is -1.22. The first kappa shape index (κ1) is 30.7. The van der Waals surface area contributed by atoms with Crippen LogP contribution in [0.25, 0.3) is 22.2 Å². The molecule has 1 unspecified atom stereocenters. The fraction of sp³-hybridized carbons (Fsp3) is 0.281. The number of halogens is 4. The first-order valence-corrected chi connectivity index (χ1v) is 14.1. The van der Waals surface area contributed by atoms with Crippen LogP contribution in [0.2, 0.25) is 0 Å². The SMILES string of the molecule is C[C@]1(C(N)=O)COc2c1cc(C(O)(CNC(=O)c1cc(OC3CC3)c3ncccc3c1)C(F)(F)F)nc2-c1ccc(F)c(C#N)c1. The second-order valence-corrected chi connectivity index (χ2v) is 11.4. The zero-order valence-electron chi connectivity index (χ0n) is 24.1. The van der Waals surface area contributed by atoms with E-state index in [0.717, 1.165) is 37.1 Å². The predicted octanol–water partition coefficient (Wildman–Crippen LogP) is 4.16. The van der Waals surface area contributed by atoms with Gasteiger partial charge in [0.25, 0.3) is 5.91 Å². The average molecular weight is 636 g/mol. The van der Waals surface area contributed by atoms with Crippen LogP contribution in [0.5, 0.6) is 11.5 Å². The van der Waals surface area contributed by atoms with Crippen molar-refractivity contribution in [3.8, 4) is 28.8 Å². The zero-order valence-corrected chi connectivity index (χ0v) is 24.1. The summed E-state index contributed by atoms with van der Waals surface area (Å²) in [7, 11) is 0. The number of fused-ring (bicyclic) bond motifs is 2. The van der Waals surface area contributed by atoms with Gasteiger partial charge in [0.1, 0.15) is 46.6 Å². The molecule has 1 saturated carbocycles. The first-order valence-electron chi connectivity index (χ1n) is 14.1. The molecule has 1 aliphatic heterocycles. The molecule has 1 fully saturated rings. The molecule has 46 heavy (non-hydrogen) atoms. The molecule has 3 heterocycles. The lowest BCUT2D eigenvalue weighted by Crippen LogP contribution is -2.51. The van der Waals surface area contributed by atoms with Gasteiger partial charge in [0.05, 0.1) is 23.9 Å². The predicted molar refractivity (Wildman–Crippen MR) is 154 cm³/mol. The van der Waals surface area contributed by atoms with E-state index in [0.29, 0.717) is 16.7 Å². The number of nitrogens with one attached hydrogen (secondary N) is 1. The van der Waals surface area contributed by atoms with Crippen molar-refractivity contribution in [1.29, 1.82) is 5.26 Å². The summed E-state index contributed by atoms with van der Waals surface area (Å²) in [6.07, 6.45) is -2.29. The van der Waals surface area contributed by atoms with Crippen molar-refractivity contribution < 1.29 is 41.7 Å². The third-order valence-electron chi connectivity index (χ3n) is 8.12. The number of carbonyl (C=O) groups is 2. The number of ether oxygens (including phenoxy) is 2. The second-order valence-electron chi connectivity index (χ2n) is 11.4. The van der Waals surface area contributed by atoms with E-state index < -0.39 is 52.6 Å². The summed E-state index contributed by atoms with van der Waals surface area (Å²) in [6.45, 7) is -0.388. The largest absolute Gasteiger partial charge is 0.489 e. The van der Waals surface area contributed by atoms with Gasteiger partial charge in [-0.05, 0) is 62.2 Å². The number of hydrogen-bond acceptors (Lipinski definition) is 8. The molecule has 2 aliphatic rings. The van der Waals surface area contributed by atoms with E-state index in [1.54, 1.807) is 24.4 Å². The maximum Gasteiger partial charge on any atom is 0.424 e. The van der Waals surface area contributed by atoms with Crippen molar-refractivity contribution in [2.75, 3.05) is 13.2 Å². The number of benzene rings is 2. The average Bonchev–Trinajstić information content (AvgIpc) is 3.78. The molecular weight excluding hydrogens is 610 g/mol. The Morgan fingerprint density at radius 1 is 1.22 bits per heavy atom. The van der Waals surface area contributed by atoms with Crippen molar-refractivity contribution in [2.24, 2.45) is 5.73 Å². The summed E-state index contributed by atoms with van der Waals surface area (Å²) in [4.78, 5) is 34.1. The van der Waals surface area contributed by atoms with Gasteiger partial charge in [-0.15, -0.1) is 0 Å². The molecule has 1 aliphatic carbocycles. The number of primary amides is 1. The monoisotopic (exact) mass is 635 g/mol. The van der Waals surface area contributed by atoms with Crippen molar-refractivity contribution in [1.82, 2.24) is 15.3 Å². The van der Waals surface area contributed by atoms with Crippen molar-refractivity contribution in [2.45, 2.75) is 43.1 Å². The number of aromatic nitrogens is 2. The molecule has 236 valence electrons. The van der Waals surface area contributed by atoms with Crippen LogP contribution in [0.4, 0.5) is 17.6 Å². The minimum atomic E-state index is -5.41. The Balaban J connectivity index is 1.42. The Bertz CT molecular complexity index is 1960. The van der Waals surface area contributed by atoms with Gasteiger partial charge in [0.15, 0.2) is 0 Å². The Morgan fingerprint density at radius 2 is 1.98 bits per heavy atom. The van der Waals surface area contributed by atoms with Gasteiger partial charge in [0, 0.05) is 28.3 Å². The molecule has 2 amide bonds. The minimum Gasteiger partial charge on any atom is -0.489 e. The van der Waals surface area contributed by atoms with Crippen LogP contribution >= 0.6 is 0 Å². The lowest BCUT2D eigenvalue weighted by molar-refractivity contribution is -0.265. The molecule has 0 radical (unpaired) electrons. The lowest BCUT2D eigenvalue weighted by Gasteiger charge is -2.31. The molecular formula is C32H25F4N5O5. The van der Waals surface area contributed by atoms with Crippen LogP contribution in [0, 0.1) is 17.1 Å². The number of hydrogen-bond donors (Lipinski definition) is 3. The molecule has 4 N–H and O–H groups in total. The molecule has 4 aromatic rings. The van der Waals surface area contributed by atoms with Gasteiger partial charge in [-0.25, -0.2) is 9.37 Å². The fourth-order valence-electron chi connectivity index (χ4n) is 5.14. The smallest absolute Gasteiger partial charge is 0.424 e. The summed E-state index contributed by atoms with van der Waals surface area (Å²) < 4.78 is 70.0. The number of nitrogens with zero attached hydrogens (tertiary/aromatic N) is 3. The van der Waals surface area contributed by atoms with Crippen LogP contribution in [-0.4, -0.2) is 52.3 Å². The minimum absolute atomic E-state index is 0.0219. The van der Waals surface area contributed by atoms with Crippen molar-refractivity contribution in [3.63, 3.8) is 0 Å². The third-order valence-corrected chi connectivity index (χ3v) is 8.12. The maximum atomic E-state index is 14.8. The van der Waals surface area contributed by atoms with E-state index in [2.05, 4.69) is 15.3 Å². The van der Waals surface area contributed by atoms with Crippen LogP contribution in [0.1, 0.15) is 46.9 Å².